The van der Waals surface area contributed by atoms with Crippen molar-refractivity contribution in [1.82, 2.24) is 10.6 Å². The number of carbonyl (C=O) groups is 2. The van der Waals surface area contributed by atoms with E-state index < -0.39 is 23.6 Å². The van der Waals surface area contributed by atoms with Crippen molar-refractivity contribution in [1.29, 1.82) is 0 Å². The molecule has 0 saturated carbocycles. The molecule has 0 aromatic heterocycles. The van der Waals surface area contributed by atoms with Crippen molar-refractivity contribution in [3.8, 4) is 0 Å². The van der Waals surface area contributed by atoms with Crippen LogP contribution >= 0.6 is 0 Å². The Morgan fingerprint density at radius 2 is 1.78 bits per heavy atom. The highest BCUT2D eigenvalue weighted by Crippen LogP contribution is 2.09. The van der Waals surface area contributed by atoms with Crippen LogP contribution in [0.25, 0.3) is 0 Å². The standard InChI is InChI=1S/C16H22F2N2O3/c1-4-23-16(22)20-14(5-10(2)3)9-19-15(21)11-6-12(17)8-13(18)7-11/h6-8,10,14H,4-5,9H2,1-3H3,(H,19,21)(H,20,22)/t14-/m0/s1. The molecule has 0 fully saturated rings. The molecule has 0 unspecified atom stereocenters. The highest BCUT2D eigenvalue weighted by molar-refractivity contribution is 5.94. The molecule has 1 aromatic rings. The Labute approximate surface area is 134 Å². The van der Waals surface area contributed by atoms with E-state index in [1.165, 1.54) is 0 Å². The normalized spacial score (nSPS) is 11.9. The van der Waals surface area contributed by atoms with Crippen LogP contribution in [-0.4, -0.2) is 31.2 Å². The number of halogens is 2. The van der Waals surface area contributed by atoms with Crippen LogP contribution in [-0.2, 0) is 4.74 Å². The number of rotatable bonds is 7. The van der Waals surface area contributed by atoms with Gasteiger partial charge in [0.05, 0.1) is 6.61 Å². The number of ether oxygens (including phenoxy) is 1. The van der Waals surface area contributed by atoms with E-state index in [1.54, 1.807) is 6.92 Å². The molecule has 0 aliphatic rings. The molecule has 2 amide bonds. The van der Waals surface area contributed by atoms with Crippen LogP contribution in [0.4, 0.5) is 13.6 Å². The second kappa shape index (κ2) is 9.07. The molecule has 23 heavy (non-hydrogen) atoms. The van der Waals surface area contributed by atoms with Crippen LogP contribution in [0, 0.1) is 17.6 Å². The smallest absolute Gasteiger partial charge is 0.407 e. The minimum atomic E-state index is -0.821. The summed E-state index contributed by atoms with van der Waals surface area (Å²) in [6, 6.07) is 2.26. The van der Waals surface area contributed by atoms with Gasteiger partial charge in [-0.1, -0.05) is 13.8 Å². The zero-order valence-corrected chi connectivity index (χ0v) is 13.5. The summed E-state index contributed by atoms with van der Waals surface area (Å²) < 4.78 is 31.1. The Morgan fingerprint density at radius 3 is 2.30 bits per heavy atom. The molecule has 128 valence electrons. The number of hydrogen-bond donors (Lipinski definition) is 2. The predicted octanol–water partition coefficient (Wildman–Crippen LogP) is 2.86. The number of benzene rings is 1. The first-order chi connectivity index (χ1) is 10.8. The van der Waals surface area contributed by atoms with E-state index in [2.05, 4.69) is 10.6 Å². The van der Waals surface area contributed by atoms with Crippen LogP contribution in [0.5, 0.6) is 0 Å². The molecule has 0 aliphatic heterocycles. The van der Waals surface area contributed by atoms with Gasteiger partial charge >= 0.3 is 6.09 Å². The molecular weight excluding hydrogens is 306 g/mol. The van der Waals surface area contributed by atoms with Gasteiger partial charge in [-0.2, -0.15) is 0 Å². The Kier molecular flexibility index (Phi) is 7.44. The van der Waals surface area contributed by atoms with Gasteiger partial charge in [0.2, 0.25) is 0 Å². The zero-order valence-electron chi connectivity index (χ0n) is 13.5. The lowest BCUT2D eigenvalue weighted by Gasteiger charge is -2.20. The number of carbonyl (C=O) groups excluding carboxylic acids is 2. The second-order valence-electron chi connectivity index (χ2n) is 5.56. The first-order valence-corrected chi connectivity index (χ1v) is 7.49. The largest absolute Gasteiger partial charge is 0.450 e. The van der Waals surface area contributed by atoms with Crippen molar-refractivity contribution in [2.75, 3.05) is 13.2 Å². The quantitative estimate of drug-likeness (QED) is 0.809. The van der Waals surface area contributed by atoms with Crippen LogP contribution in [0.2, 0.25) is 0 Å². The fourth-order valence-electron chi connectivity index (χ4n) is 2.10. The number of hydrogen-bond acceptors (Lipinski definition) is 3. The maximum atomic E-state index is 13.1. The molecule has 0 aliphatic carbocycles. The van der Waals surface area contributed by atoms with E-state index in [0.717, 1.165) is 12.1 Å². The monoisotopic (exact) mass is 328 g/mol. The van der Waals surface area contributed by atoms with Gasteiger partial charge in [-0.15, -0.1) is 0 Å². The van der Waals surface area contributed by atoms with Crippen molar-refractivity contribution in [3.63, 3.8) is 0 Å². The van der Waals surface area contributed by atoms with Crippen molar-refractivity contribution >= 4 is 12.0 Å². The Morgan fingerprint density at radius 1 is 1.17 bits per heavy atom. The lowest BCUT2D eigenvalue weighted by atomic mass is 10.0. The van der Waals surface area contributed by atoms with E-state index >= 15 is 0 Å². The Balaban J connectivity index is 2.65. The van der Waals surface area contributed by atoms with E-state index in [1.807, 2.05) is 13.8 Å². The zero-order chi connectivity index (χ0) is 17.4. The van der Waals surface area contributed by atoms with Crippen LogP contribution in [0.15, 0.2) is 18.2 Å². The van der Waals surface area contributed by atoms with Gasteiger partial charge in [-0.25, -0.2) is 13.6 Å². The molecule has 0 spiro atoms. The summed E-state index contributed by atoms with van der Waals surface area (Å²) in [5, 5.41) is 5.22. The molecule has 7 heteroatoms. The van der Waals surface area contributed by atoms with Gasteiger partial charge in [0, 0.05) is 24.2 Å². The summed E-state index contributed by atoms with van der Waals surface area (Å²) in [6.07, 6.45) is 0.0561. The summed E-state index contributed by atoms with van der Waals surface area (Å²) in [7, 11) is 0. The second-order valence-corrected chi connectivity index (χ2v) is 5.56. The third-order valence-electron chi connectivity index (χ3n) is 2.99. The van der Waals surface area contributed by atoms with Gasteiger partial charge in [-0.05, 0) is 31.4 Å². The summed E-state index contributed by atoms with van der Waals surface area (Å²) in [5.74, 6) is -1.97. The lowest BCUT2D eigenvalue weighted by Crippen LogP contribution is -2.44. The molecule has 1 atom stereocenters. The van der Waals surface area contributed by atoms with Crippen molar-refractivity contribution in [2.45, 2.75) is 33.2 Å². The molecule has 0 heterocycles. The van der Waals surface area contributed by atoms with Gasteiger partial charge < -0.3 is 15.4 Å². The molecule has 0 bridgehead atoms. The van der Waals surface area contributed by atoms with Crippen molar-refractivity contribution in [3.05, 3.63) is 35.4 Å². The molecular formula is C16H22F2N2O3. The first kappa shape index (κ1) is 18.9. The predicted molar refractivity (Wildman–Crippen MR) is 82.1 cm³/mol. The fraction of sp³-hybridized carbons (Fsp3) is 0.500. The molecule has 2 N–H and O–H groups in total. The third-order valence-corrected chi connectivity index (χ3v) is 2.99. The van der Waals surface area contributed by atoms with Gasteiger partial charge in [0.25, 0.3) is 5.91 Å². The maximum absolute atomic E-state index is 13.1. The average molecular weight is 328 g/mol. The maximum Gasteiger partial charge on any atom is 0.407 e. The summed E-state index contributed by atoms with van der Waals surface area (Å²) in [4.78, 5) is 23.5. The van der Waals surface area contributed by atoms with E-state index in [0.29, 0.717) is 12.5 Å². The number of alkyl carbamates (subject to hydrolysis) is 1. The van der Waals surface area contributed by atoms with Crippen LogP contribution in [0.1, 0.15) is 37.6 Å². The average Bonchev–Trinajstić information content (AvgIpc) is 2.43. The van der Waals surface area contributed by atoms with Gasteiger partial charge in [0.1, 0.15) is 11.6 Å². The summed E-state index contributed by atoms with van der Waals surface area (Å²) in [5.41, 5.74) is -0.109. The van der Waals surface area contributed by atoms with Crippen molar-refractivity contribution < 1.29 is 23.1 Å². The van der Waals surface area contributed by atoms with E-state index in [9.17, 15) is 18.4 Å². The molecule has 5 nitrogen and oxygen atoms in total. The number of amides is 2. The van der Waals surface area contributed by atoms with Crippen molar-refractivity contribution in [2.24, 2.45) is 5.92 Å². The molecule has 0 radical (unpaired) electrons. The number of nitrogens with one attached hydrogen (secondary N) is 2. The minimum absolute atomic E-state index is 0.109. The van der Waals surface area contributed by atoms with Gasteiger partial charge in [0.15, 0.2) is 0 Å². The first-order valence-electron chi connectivity index (χ1n) is 7.49. The third kappa shape index (κ3) is 7.08. The summed E-state index contributed by atoms with van der Waals surface area (Å²) in [6.45, 7) is 6.02. The topological polar surface area (TPSA) is 67.4 Å². The van der Waals surface area contributed by atoms with Gasteiger partial charge in [-0.3, -0.25) is 4.79 Å². The van der Waals surface area contributed by atoms with E-state index in [-0.39, 0.29) is 30.7 Å². The SMILES string of the molecule is CCOC(=O)N[C@H](CNC(=O)c1cc(F)cc(F)c1)CC(C)C. The highest BCUT2D eigenvalue weighted by atomic mass is 19.1. The Hall–Kier alpha value is -2.18. The lowest BCUT2D eigenvalue weighted by molar-refractivity contribution is 0.0943. The molecule has 1 rings (SSSR count). The fourth-order valence-corrected chi connectivity index (χ4v) is 2.10. The molecule has 0 saturated heterocycles. The highest BCUT2D eigenvalue weighted by Gasteiger charge is 2.17. The Bertz CT molecular complexity index is 530. The van der Waals surface area contributed by atoms with Crippen LogP contribution in [0.3, 0.4) is 0 Å². The summed E-state index contributed by atoms with van der Waals surface area (Å²) >= 11 is 0. The minimum Gasteiger partial charge on any atom is -0.450 e. The van der Waals surface area contributed by atoms with E-state index in [4.69, 9.17) is 4.74 Å². The molecule has 1 aromatic carbocycles. The van der Waals surface area contributed by atoms with Crippen LogP contribution < -0.4 is 10.6 Å².